The van der Waals surface area contributed by atoms with Crippen LogP contribution in [0.15, 0.2) is 36.5 Å². The molecule has 0 aliphatic carbocycles. The lowest BCUT2D eigenvalue weighted by atomic mass is 10.1. The topological polar surface area (TPSA) is 57.7 Å². The van der Waals surface area contributed by atoms with Gasteiger partial charge in [0.15, 0.2) is 6.61 Å². The number of hydrogen-bond donors (Lipinski definition) is 1. The van der Waals surface area contributed by atoms with E-state index >= 15 is 0 Å². The molecular weight excluding hydrogens is 316 g/mol. The molecule has 1 saturated heterocycles. The van der Waals surface area contributed by atoms with Crippen LogP contribution in [-0.2, 0) is 11.3 Å². The number of anilines is 2. The zero-order valence-corrected chi connectivity index (χ0v) is 14.4. The number of benzene rings is 1. The van der Waals surface area contributed by atoms with Crippen LogP contribution in [0.4, 0.5) is 11.5 Å². The fraction of sp³-hybridized carbons (Fsp3) is 0.368. The lowest BCUT2D eigenvalue weighted by Crippen LogP contribution is -2.46. The van der Waals surface area contributed by atoms with E-state index in [1.54, 1.807) is 0 Å². The van der Waals surface area contributed by atoms with Crippen LogP contribution in [0.2, 0.25) is 0 Å². The highest BCUT2D eigenvalue weighted by molar-refractivity contribution is 5.95. The molecule has 0 spiro atoms. The molecule has 3 heterocycles. The molecule has 6 nitrogen and oxygen atoms in total. The summed E-state index contributed by atoms with van der Waals surface area (Å²) in [5.41, 5.74) is 3.15. The number of carbonyl (C=O) groups is 1. The van der Waals surface area contributed by atoms with Gasteiger partial charge in [-0.25, -0.2) is 4.98 Å². The largest absolute Gasteiger partial charge is 0.482 e. The van der Waals surface area contributed by atoms with E-state index in [1.807, 2.05) is 18.3 Å². The molecule has 130 valence electrons. The molecule has 1 fully saturated rings. The van der Waals surface area contributed by atoms with Crippen LogP contribution in [0.3, 0.4) is 0 Å². The monoisotopic (exact) mass is 338 g/mol. The third-order valence-electron chi connectivity index (χ3n) is 4.68. The molecular formula is C19H22N4O2. The number of nitrogens with one attached hydrogen (secondary N) is 1. The molecule has 25 heavy (non-hydrogen) atoms. The van der Waals surface area contributed by atoms with Crippen molar-refractivity contribution in [3.63, 3.8) is 0 Å². The Bertz CT molecular complexity index is 767. The molecule has 0 atom stereocenters. The van der Waals surface area contributed by atoms with Gasteiger partial charge >= 0.3 is 0 Å². The molecule has 0 saturated carbocycles. The second-order valence-electron chi connectivity index (χ2n) is 6.62. The van der Waals surface area contributed by atoms with Crippen LogP contribution in [0.1, 0.15) is 11.1 Å². The molecule has 4 rings (SSSR count). The van der Waals surface area contributed by atoms with Crippen molar-refractivity contribution in [1.29, 1.82) is 0 Å². The number of amides is 1. The van der Waals surface area contributed by atoms with E-state index in [1.165, 1.54) is 11.1 Å². The van der Waals surface area contributed by atoms with Gasteiger partial charge in [0.2, 0.25) is 0 Å². The first-order valence-corrected chi connectivity index (χ1v) is 8.63. The number of aromatic nitrogens is 1. The second kappa shape index (κ2) is 6.72. The summed E-state index contributed by atoms with van der Waals surface area (Å²) in [4.78, 5) is 20.7. The predicted molar refractivity (Wildman–Crippen MR) is 97.0 cm³/mol. The minimum atomic E-state index is -0.0936. The van der Waals surface area contributed by atoms with Gasteiger partial charge in [-0.2, -0.15) is 0 Å². The van der Waals surface area contributed by atoms with Crippen LogP contribution >= 0.6 is 0 Å². The first-order chi connectivity index (χ1) is 12.2. The van der Waals surface area contributed by atoms with E-state index in [4.69, 9.17) is 4.74 Å². The first kappa shape index (κ1) is 15.9. The Labute approximate surface area is 147 Å². The van der Waals surface area contributed by atoms with Crippen LogP contribution in [0.25, 0.3) is 0 Å². The number of ether oxygens (including phenoxy) is 1. The molecule has 0 unspecified atom stereocenters. The smallest absolute Gasteiger partial charge is 0.262 e. The number of hydrogen-bond acceptors (Lipinski definition) is 5. The summed E-state index contributed by atoms with van der Waals surface area (Å²) in [6, 6.07) is 10.2. The fourth-order valence-corrected chi connectivity index (χ4v) is 3.27. The van der Waals surface area contributed by atoms with Crippen molar-refractivity contribution in [1.82, 2.24) is 9.88 Å². The molecule has 0 radical (unpaired) electrons. The van der Waals surface area contributed by atoms with Gasteiger partial charge in [0, 0.05) is 38.9 Å². The number of pyridine rings is 1. The third-order valence-corrected chi connectivity index (χ3v) is 4.68. The lowest BCUT2D eigenvalue weighted by molar-refractivity contribution is -0.118. The Balaban J connectivity index is 1.36. The third kappa shape index (κ3) is 3.58. The Morgan fingerprint density at radius 2 is 2.00 bits per heavy atom. The van der Waals surface area contributed by atoms with Gasteiger partial charge in [0.1, 0.15) is 11.6 Å². The van der Waals surface area contributed by atoms with Crippen LogP contribution in [0.5, 0.6) is 5.75 Å². The van der Waals surface area contributed by atoms with Gasteiger partial charge in [-0.05, 0) is 36.2 Å². The summed E-state index contributed by atoms with van der Waals surface area (Å²) in [5.74, 6) is 1.71. The highest BCUT2D eigenvalue weighted by atomic mass is 16.5. The number of rotatable bonds is 3. The SMILES string of the molecule is Cc1ccc(N2CCN(Cc3ccc4c(c3)NC(=O)CO4)CC2)nc1. The summed E-state index contributed by atoms with van der Waals surface area (Å²) >= 11 is 0. The van der Waals surface area contributed by atoms with E-state index < -0.39 is 0 Å². The van der Waals surface area contributed by atoms with Gasteiger partial charge in [-0.1, -0.05) is 12.1 Å². The quantitative estimate of drug-likeness (QED) is 0.928. The summed E-state index contributed by atoms with van der Waals surface area (Å²) in [5, 5.41) is 2.87. The number of piperazine rings is 1. The molecule has 6 heteroatoms. The maximum atomic E-state index is 11.5. The summed E-state index contributed by atoms with van der Waals surface area (Å²) in [6.07, 6.45) is 1.92. The van der Waals surface area contributed by atoms with Gasteiger partial charge in [-0.3, -0.25) is 9.69 Å². The van der Waals surface area contributed by atoms with Crippen LogP contribution < -0.4 is 15.0 Å². The summed E-state index contributed by atoms with van der Waals surface area (Å²) < 4.78 is 5.41. The Morgan fingerprint density at radius 1 is 1.16 bits per heavy atom. The van der Waals surface area contributed by atoms with Crippen molar-refractivity contribution in [2.75, 3.05) is 43.0 Å². The Kier molecular flexibility index (Phi) is 4.28. The number of fused-ring (bicyclic) bond motifs is 1. The molecule has 1 amide bonds. The van der Waals surface area contributed by atoms with Crippen molar-refractivity contribution >= 4 is 17.4 Å². The molecule has 2 aliphatic rings. The van der Waals surface area contributed by atoms with Gasteiger partial charge in [0.25, 0.3) is 5.91 Å². The number of nitrogens with zero attached hydrogens (tertiary/aromatic N) is 3. The molecule has 1 aromatic heterocycles. The predicted octanol–water partition coefficient (Wildman–Crippen LogP) is 2.04. The Hall–Kier alpha value is -2.60. The minimum absolute atomic E-state index is 0.0936. The van der Waals surface area contributed by atoms with E-state index in [0.717, 1.165) is 50.0 Å². The number of aryl methyl sites for hydroxylation is 1. The maximum Gasteiger partial charge on any atom is 0.262 e. The van der Waals surface area contributed by atoms with Crippen molar-refractivity contribution in [2.24, 2.45) is 0 Å². The van der Waals surface area contributed by atoms with Gasteiger partial charge in [-0.15, -0.1) is 0 Å². The zero-order chi connectivity index (χ0) is 17.2. The summed E-state index contributed by atoms with van der Waals surface area (Å²) in [7, 11) is 0. The molecule has 1 N–H and O–H groups in total. The molecule has 0 bridgehead atoms. The van der Waals surface area contributed by atoms with E-state index in [2.05, 4.69) is 45.2 Å². The molecule has 1 aromatic carbocycles. The normalized spacial score (nSPS) is 17.6. The van der Waals surface area contributed by atoms with Crippen molar-refractivity contribution in [3.8, 4) is 5.75 Å². The second-order valence-corrected chi connectivity index (χ2v) is 6.62. The maximum absolute atomic E-state index is 11.5. The highest BCUT2D eigenvalue weighted by Crippen LogP contribution is 2.29. The van der Waals surface area contributed by atoms with E-state index in [9.17, 15) is 4.79 Å². The highest BCUT2D eigenvalue weighted by Gasteiger charge is 2.20. The molecule has 2 aliphatic heterocycles. The van der Waals surface area contributed by atoms with Crippen LogP contribution in [-0.4, -0.2) is 48.6 Å². The van der Waals surface area contributed by atoms with E-state index in [0.29, 0.717) is 0 Å². The lowest BCUT2D eigenvalue weighted by Gasteiger charge is -2.35. The first-order valence-electron chi connectivity index (χ1n) is 8.63. The zero-order valence-electron chi connectivity index (χ0n) is 14.4. The van der Waals surface area contributed by atoms with E-state index in [-0.39, 0.29) is 12.5 Å². The molecule has 2 aromatic rings. The minimum Gasteiger partial charge on any atom is -0.482 e. The van der Waals surface area contributed by atoms with Crippen molar-refractivity contribution < 1.29 is 9.53 Å². The van der Waals surface area contributed by atoms with Gasteiger partial charge in [0.05, 0.1) is 5.69 Å². The van der Waals surface area contributed by atoms with Gasteiger partial charge < -0.3 is 15.0 Å². The standard InChI is InChI=1S/C19H22N4O2/c1-14-2-5-18(20-11-14)23-8-6-22(7-9-23)12-15-3-4-17-16(10-15)21-19(24)13-25-17/h2-5,10-11H,6-9,12-13H2,1H3,(H,21,24). The average Bonchev–Trinajstić information content (AvgIpc) is 2.63. The summed E-state index contributed by atoms with van der Waals surface area (Å²) in [6.45, 7) is 6.97. The number of carbonyl (C=O) groups excluding carboxylic acids is 1. The Morgan fingerprint density at radius 3 is 2.76 bits per heavy atom. The van der Waals surface area contributed by atoms with Crippen molar-refractivity contribution in [2.45, 2.75) is 13.5 Å². The van der Waals surface area contributed by atoms with Crippen LogP contribution in [0, 0.1) is 6.92 Å². The average molecular weight is 338 g/mol. The van der Waals surface area contributed by atoms with Crippen molar-refractivity contribution in [3.05, 3.63) is 47.7 Å². The fourth-order valence-electron chi connectivity index (χ4n) is 3.27.